The highest BCUT2D eigenvalue weighted by molar-refractivity contribution is 5.30. The Morgan fingerprint density at radius 1 is 1.00 bits per heavy atom. The molecule has 12 heavy (non-hydrogen) atoms. The summed E-state index contributed by atoms with van der Waals surface area (Å²) in [6.07, 6.45) is 4.98. The summed E-state index contributed by atoms with van der Waals surface area (Å²) < 4.78 is 0. The lowest BCUT2D eigenvalue weighted by molar-refractivity contribution is 0.353. The van der Waals surface area contributed by atoms with E-state index in [0.29, 0.717) is 11.8 Å². The van der Waals surface area contributed by atoms with Crippen LogP contribution in [-0.4, -0.2) is 10.2 Å². The highest BCUT2D eigenvalue weighted by Gasteiger charge is 2.35. The van der Waals surface area contributed by atoms with Gasteiger partial charge in [-0.1, -0.05) is 0 Å². The van der Waals surface area contributed by atoms with E-state index in [4.69, 9.17) is 0 Å². The Morgan fingerprint density at radius 2 is 1.67 bits per heavy atom. The van der Waals surface area contributed by atoms with Crippen molar-refractivity contribution in [2.75, 3.05) is 0 Å². The van der Waals surface area contributed by atoms with Gasteiger partial charge in [-0.2, -0.15) is 0 Å². The molecule has 64 valence electrons. The fraction of sp³-hybridized carbons (Fsp3) is 0.667. The van der Waals surface area contributed by atoms with Gasteiger partial charge < -0.3 is 5.10 Å². The molecular weight excluding hydrogens is 152 g/mol. The SMILES string of the molecule is O=c1[nH][nH]c2c1C1CCC2CC1. The molecule has 0 unspecified atom stereocenters. The van der Waals surface area contributed by atoms with Gasteiger partial charge in [0, 0.05) is 17.2 Å². The number of fused-ring (bicyclic) bond motifs is 2. The van der Waals surface area contributed by atoms with Crippen LogP contribution in [0.2, 0.25) is 0 Å². The van der Waals surface area contributed by atoms with Crippen molar-refractivity contribution in [2.45, 2.75) is 37.5 Å². The largest absolute Gasteiger partial charge is 0.302 e. The molecular formula is C9H12N2O. The van der Waals surface area contributed by atoms with Crippen molar-refractivity contribution in [3.05, 3.63) is 21.6 Å². The summed E-state index contributed by atoms with van der Waals surface area (Å²) in [6.45, 7) is 0. The second-order valence-electron chi connectivity index (χ2n) is 3.96. The maximum Gasteiger partial charge on any atom is 0.267 e. The molecule has 0 radical (unpaired) electrons. The topological polar surface area (TPSA) is 48.6 Å². The van der Waals surface area contributed by atoms with E-state index in [0.717, 1.165) is 5.56 Å². The van der Waals surface area contributed by atoms with Gasteiger partial charge in [-0.3, -0.25) is 9.89 Å². The normalized spacial score (nSPS) is 32.0. The Labute approximate surface area is 70.2 Å². The maximum atomic E-state index is 11.4. The van der Waals surface area contributed by atoms with Crippen molar-refractivity contribution in [1.82, 2.24) is 10.2 Å². The van der Waals surface area contributed by atoms with Crippen LogP contribution in [0.3, 0.4) is 0 Å². The van der Waals surface area contributed by atoms with Gasteiger partial charge in [0.25, 0.3) is 5.56 Å². The minimum absolute atomic E-state index is 0.124. The van der Waals surface area contributed by atoms with Gasteiger partial charge in [0.15, 0.2) is 0 Å². The first-order valence-corrected chi connectivity index (χ1v) is 4.66. The van der Waals surface area contributed by atoms with E-state index in [2.05, 4.69) is 10.2 Å². The summed E-state index contributed by atoms with van der Waals surface area (Å²) in [5, 5.41) is 5.72. The highest BCUT2D eigenvalue weighted by atomic mass is 16.1. The molecule has 0 spiro atoms. The van der Waals surface area contributed by atoms with E-state index in [9.17, 15) is 4.79 Å². The molecule has 0 saturated heterocycles. The third-order valence-corrected chi connectivity index (χ3v) is 3.39. The van der Waals surface area contributed by atoms with Gasteiger partial charge >= 0.3 is 0 Å². The summed E-state index contributed by atoms with van der Waals surface area (Å²) >= 11 is 0. The Hall–Kier alpha value is -0.990. The molecule has 3 heteroatoms. The number of aromatic amines is 2. The molecule has 0 aliphatic heterocycles. The molecule has 1 aromatic rings. The van der Waals surface area contributed by atoms with Crippen molar-refractivity contribution in [1.29, 1.82) is 0 Å². The van der Waals surface area contributed by atoms with Gasteiger partial charge in [0.1, 0.15) is 0 Å². The lowest BCUT2D eigenvalue weighted by Crippen LogP contribution is -2.24. The average Bonchev–Trinajstić information content (AvgIpc) is 2.53. The standard InChI is InChI=1S/C9H12N2O/c12-9-7-5-1-3-6(4-2-5)8(7)10-11-9/h5-6H,1-4H2,(H2,10,11,12). The zero-order valence-electron chi connectivity index (χ0n) is 6.89. The van der Waals surface area contributed by atoms with Crippen LogP contribution in [0.15, 0.2) is 4.79 Å². The molecule has 3 aliphatic rings. The number of hydrogen-bond donors (Lipinski definition) is 2. The van der Waals surface area contributed by atoms with Crippen LogP contribution < -0.4 is 5.56 Å². The van der Waals surface area contributed by atoms with Crippen LogP contribution in [0.5, 0.6) is 0 Å². The average molecular weight is 164 g/mol. The fourth-order valence-electron chi connectivity index (χ4n) is 2.78. The van der Waals surface area contributed by atoms with Gasteiger partial charge in [0.05, 0.1) is 0 Å². The first-order chi connectivity index (χ1) is 5.86. The predicted molar refractivity (Wildman–Crippen MR) is 45.4 cm³/mol. The Kier molecular flexibility index (Phi) is 1.10. The van der Waals surface area contributed by atoms with Crippen LogP contribution in [-0.2, 0) is 0 Å². The number of H-pyrrole nitrogens is 2. The predicted octanol–water partition coefficient (Wildman–Crippen LogP) is 1.46. The van der Waals surface area contributed by atoms with Crippen LogP contribution >= 0.6 is 0 Å². The maximum absolute atomic E-state index is 11.4. The molecule has 1 saturated carbocycles. The monoisotopic (exact) mass is 164 g/mol. The summed E-state index contributed by atoms with van der Waals surface area (Å²) in [6, 6.07) is 0. The number of rotatable bonds is 0. The molecule has 0 amide bonds. The first-order valence-electron chi connectivity index (χ1n) is 4.66. The third kappa shape index (κ3) is 0.642. The van der Waals surface area contributed by atoms with E-state index in [1.165, 1.54) is 31.4 Å². The van der Waals surface area contributed by atoms with Crippen LogP contribution in [0.4, 0.5) is 0 Å². The van der Waals surface area contributed by atoms with Gasteiger partial charge in [-0.25, -0.2) is 0 Å². The van der Waals surface area contributed by atoms with Crippen molar-refractivity contribution >= 4 is 0 Å². The molecule has 2 bridgehead atoms. The van der Waals surface area contributed by atoms with E-state index in [1.807, 2.05) is 0 Å². The summed E-state index contributed by atoms with van der Waals surface area (Å²) in [4.78, 5) is 11.4. The zero-order valence-corrected chi connectivity index (χ0v) is 6.89. The van der Waals surface area contributed by atoms with Crippen molar-refractivity contribution in [2.24, 2.45) is 0 Å². The molecule has 4 rings (SSSR count). The first kappa shape index (κ1) is 6.52. The summed E-state index contributed by atoms with van der Waals surface area (Å²) in [5.74, 6) is 1.20. The number of aromatic nitrogens is 2. The van der Waals surface area contributed by atoms with E-state index < -0.39 is 0 Å². The number of nitrogens with one attached hydrogen (secondary N) is 2. The molecule has 3 nitrogen and oxygen atoms in total. The second kappa shape index (κ2) is 2.03. The Bertz CT molecular complexity index is 355. The summed E-state index contributed by atoms with van der Waals surface area (Å²) in [7, 11) is 0. The molecule has 1 aromatic heterocycles. The smallest absolute Gasteiger partial charge is 0.267 e. The molecule has 1 fully saturated rings. The van der Waals surface area contributed by atoms with Crippen molar-refractivity contribution in [3.63, 3.8) is 0 Å². The fourth-order valence-corrected chi connectivity index (χ4v) is 2.78. The van der Waals surface area contributed by atoms with Crippen LogP contribution in [0.25, 0.3) is 0 Å². The quantitative estimate of drug-likeness (QED) is 0.599. The molecule has 2 N–H and O–H groups in total. The molecule has 0 atom stereocenters. The zero-order chi connectivity index (χ0) is 8.13. The van der Waals surface area contributed by atoms with Crippen LogP contribution in [0.1, 0.15) is 48.8 Å². The molecule has 0 aromatic carbocycles. The van der Waals surface area contributed by atoms with Gasteiger partial charge in [0.2, 0.25) is 0 Å². The van der Waals surface area contributed by atoms with Crippen LogP contribution in [0, 0.1) is 0 Å². The lowest BCUT2D eigenvalue weighted by Gasteiger charge is -2.34. The van der Waals surface area contributed by atoms with E-state index in [-0.39, 0.29) is 5.56 Å². The third-order valence-electron chi connectivity index (χ3n) is 3.39. The van der Waals surface area contributed by atoms with Gasteiger partial charge in [-0.15, -0.1) is 0 Å². The van der Waals surface area contributed by atoms with E-state index in [1.54, 1.807) is 0 Å². The van der Waals surface area contributed by atoms with E-state index >= 15 is 0 Å². The van der Waals surface area contributed by atoms with Gasteiger partial charge in [-0.05, 0) is 31.6 Å². The Morgan fingerprint density at radius 3 is 2.33 bits per heavy atom. The molecule has 3 aliphatic carbocycles. The minimum Gasteiger partial charge on any atom is -0.302 e. The minimum atomic E-state index is 0.124. The van der Waals surface area contributed by atoms with Crippen molar-refractivity contribution < 1.29 is 0 Å². The lowest BCUT2D eigenvalue weighted by atomic mass is 9.70. The van der Waals surface area contributed by atoms with Crippen molar-refractivity contribution in [3.8, 4) is 0 Å². The Balaban J connectivity index is 2.28. The number of hydrogen-bond acceptors (Lipinski definition) is 1. The summed E-state index contributed by atoms with van der Waals surface area (Å²) in [5.41, 5.74) is 2.40. The highest BCUT2D eigenvalue weighted by Crippen LogP contribution is 2.46. The second-order valence-corrected chi connectivity index (χ2v) is 3.96. The molecule has 1 heterocycles.